The zero-order chi connectivity index (χ0) is 15.2. The van der Waals surface area contributed by atoms with Crippen molar-refractivity contribution in [3.8, 4) is 0 Å². The second-order valence-corrected chi connectivity index (χ2v) is 5.28. The number of hydrogen-bond donors (Lipinski definition) is 0. The zero-order valence-electron chi connectivity index (χ0n) is 12.5. The van der Waals surface area contributed by atoms with Crippen LogP contribution in [0.15, 0.2) is 40.5 Å². The molecule has 0 aliphatic rings. The van der Waals surface area contributed by atoms with Gasteiger partial charge in [0.1, 0.15) is 13.1 Å². The average molecular weight is 278 g/mol. The highest BCUT2D eigenvalue weighted by Gasteiger charge is 2.23. The predicted molar refractivity (Wildman–Crippen MR) is 77.6 cm³/mol. The van der Waals surface area contributed by atoms with E-state index in [-0.39, 0.29) is 21.6 Å². The van der Waals surface area contributed by atoms with Gasteiger partial charge in [0.15, 0.2) is 5.69 Å². The Bertz CT molecular complexity index is 485. The lowest BCUT2D eigenvalue weighted by atomic mass is 10.3. The van der Waals surface area contributed by atoms with Crippen LogP contribution in [-0.4, -0.2) is 51.1 Å². The molecule has 0 aliphatic carbocycles. The predicted octanol–water partition coefficient (Wildman–Crippen LogP) is -0.303. The number of likely N-dealkylation sites (N-methyl/N-ethyl adjacent to an activating group) is 1. The van der Waals surface area contributed by atoms with E-state index < -0.39 is 0 Å². The molecule has 1 aromatic rings. The maximum atomic E-state index is 12.1. The zero-order valence-corrected chi connectivity index (χ0v) is 12.5. The molecule has 0 saturated heterocycles. The molecule has 20 heavy (non-hydrogen) atoms. The largest absolute Gasteiger partial charge is 0.861 e. The van der Waals surface area contributed by atoms with Crippen molar-refractivity contribution in [1.29, 1.82) is 0 Å². The second-order valence-electron chi connectivity index (χ2n) is 5.28. The lowest BCUT2D eigenvalue weighted by molar-refractivity contribution is -0.890. The third kappa shape index (κ3) is 4.32. The first kappa shape index (κ1) is 16.1. The lowest BCUT2D eigenvalue weighted by Gasteiger charge is -2.30. The molecule has 1 rings (SSSR count). The average Bonchev–Trinajstić information content (AvgIpc) is 2.38. The molecule has 0 radical (unpaired) electrons. The van der Waals surface area contributed by atoms with Gasteiger partial charge < -0.3 is 10.2 Å². The first-order chi connectivity index (χ1) is 9.33. The summed E-state index contributed by atoms with van der Waals surface area (Å²) in [6.45, 7) is 2.69. The summed E-state index contributed by atoms with van der Waals surface area (Å²) in [5.74, 6) is -0.284. The van der Waals surface area contributed by atoms with Crippen LogP contribution < -0.4 is 14.8 Å². The fraction of sp³-hybridized carbons (Fsp3) is 0.429. The Hall–Kier alpha value is -1.92. The molecule has 0 amide bonds. The van der Waals surface area contributed by atoms with Crippen molar-refractivity contribution in [2.45, 2.75) is 6.92 Å². The molecule has 0 aliphatic heterocycles. The molecule has 0 heterocycles. The van der Waals surface area contributed by atoms with Gasteiger partial charge in [-0.05, 0) is 6.92 Å². The second kappa shape index (κ2) is 6.49. The van der Waals surface area contributed by atoms with Crippen molar-refractivity contribution >= 4 is 18.0 Å². The molecule has 0 bridgehead atoms. The van der Waals surface area contributed by atoms with Crippen LogP contribution in [-0.2, 0) is 0 Å². The Labute approximate surface area is 120 Å². The standard InChI is InChI=1S/C14H22N4O2/c1-5-18(4,13-9-7-6-8-10-13)16-14(20)11-17(2,3)15-12-19/h6-10,12H,5,11H2,1-4H3. The summed E-state index contributed by atoms with van der Waals surface area (Å²) in [5.41, 5.74) is 0.945. The van der Waals surface area contributed by atoms with Crippen molar-refractivity contribution < 1.29 is 14.8 Å². The Morgan fingerprint density at radius 3 is 2.30 bits per heavy atom. The first-order valence-corrected chi connectivity index (χ1v) is 6.49. The Morgan fingerprint density at radius 2 is 1.80 bits per heavy atom. The van der Waals surface area contributed by atoms with E-state index in [1.54, 1.807) is 14.1 Å². The van der Waals surface area contributed by atoms with Crippen molar-refractivity contribution in [1.82, 2.24) is 4.59 Å². The molecule has 0 spiro atoms. The molecule has 0 saturated carbocycles. The number of para-hydroxylation sites is 1. The van der Waals surface area contributed by atoms with Gasteiger partial charge in [0.05, 0.1) is 27.0 Å². The molecule has 0 fully saturated rings. The SMILES string of the molecule is CC[N+](C)(/N=C(/[O-])C[N+](C)(C)/N=C\[O-])c1ccccc1. The summed E-state index contributed by atoms with van der Waals surface area (Å²) in [4.78, 5) is 0. The summed E-state index contributed by atoms with van der Waals surface area (Å²) < 4.78 is 0.130. The van der Waals surface area contributed by atoms with Gasteiger partial charge in [0.2, 0.25) is 0 Å². The first-order valence-electron chi connectivity index (χ1n) is 6.49. The lowest BCUT2D eigenvalue weighted by Crippen LogP contribution is -2.48. The Morgan fingerprint density at radius 1 is 1.20 bits per heavy atom. The number of nitrogens with zero attached hydrogens (tertiary/aromatic N) is 4. The van der Waals surface area contributed by atoms with Crippen LogP contribution in [0.3, 0.4) is 0 Å². The van der Waals surface area contributed by atoms with Crippen LogP contribution in [0, 0.1) is 0 Å². The number of hydrogen-bond acceptors (Lipinski definition) is 4. The molecule has 6 nitrogen and oxygen atoms in total. The highest BCUT2D eigenvalue weighted by Crippen LogP contribution is 2.20. The molecule has 1 aromatic carbocycles. The molecule has 0 N–H and O–H groups in total. The van der Waals surface area contributed by atoms with Gasteiger partial charge in [-0.1, -0.05) is 23.3 Å². The van der Waals surface area contributed by atoms with E-state index >= 15 is 0 Å². The molecular weight excluding hydrogens is 256 g/mol. The van der Waals surface area contributed by atoms with E-state index in [2.05, 4.69) is 10.2 Å². The normalized spacial score (nSPS) is 16.3. The quantitative estimate of drug-likeness (QED) is 0.310. The minimum atomic E-state index is -0.284. The van der Waals surface area contributed by atoms with E-state index in [4.69, 9.17) is 0 Å². The number of rotatable bonds is 6. The maximum Gasteiger partial charge on any atom is 0.158 e. The molecule has 0 aromatic heterocycles. The van der Waals surface area contributed by atoms with Crippen LogP contribution in [0.1, 0.15) is 6.92 Å². The third-order valence-corrected chi connectivity index (χ3v) is 3.14. The summed E-state index contributed by atoms with van der Waals surface area (Å²) in [6.07, 6.45) is 0.457. The van der Waals surface area contributed by atoms with E-state index in [0.717, 1.165) is 5.69 Å². The maximum absolute atomic E-state index is 12.1. The number of benzene rings is 1. The fourth-order valence-electron chi connectivity index (χ4n) is 1.84. The van der Waals surface area contributed by atoms with Crippen LogP contribution in [0.4, 0.5) is 5.69 Å². The van der Waals surface area contributed by atoms with Crippen LogP contribution in [0.5, 0.6) is 0 Å². The van der Waals surface area contributed by atoms with Gasteiger partial charge in [0, 0.05) is 18.5 Å². The number of quaternary nitrogens is 2. The van der Waals surface area contributed by atoms with E-state index in [1.807, 2.05) is 44.3 Å². The highest BCUT2D eigenvalue weighted by atomic mass is 16.3. The molecule has 1 unspecified atom stereocenters. The van der Waals surface area contributed by atoms with Gasteiger partial charge in [-0.3, -0.25) is 0 Å². The topological polar surface area (TPSA) is 70.8 Å². The molecule has 6 heteroatoms. The Kier molecular flexibility index (Phi) is 5.24. The highest BCUT2D eigenvalue weighted by molar-refractivity contribution is 5.73. The van der Waals surface area contributed by atoms with E-state index in [1.165, 1.54) is 0 Å². The minimum absolute atomic E-state index is 0.0513. The van der Waals surface area contributed by atoms with Crippen molar-refractivity contribution in [3.05, 3.63) is 30.3 Å². The monoisotopic (exact) mass is 278 g/mol. The van der Waals surface area contributed by atoms with Gasteiger partial charge in [0.25, 0.3) is 0 Å². The molecule has 1 atom stereocenters. The van der Waals surface area contributed by atoms with Crippen molar-refractivity contribution in [2.24, 2.45) is 10.2 Å². The molecule has 110 valence electrons. The third-order valence-electron chi connectivity index (χ3n) is 3.14. The van der Waals surface area contributed by atoms with Crippen LogP contribution >= 0.6 is 0 Å². The van der Waals surface area contributed by atoms with Crippen LogP contribution in [0.2, 0.25) is 0 Å². The smallest absolute Gasteiger partial charge is 0.158 e. The Balaban J connectivity index is 2.99. The van der Waals surface area contributed by atoms with Gasteiger partial charge in [-0.2, -0.15) is 9.18 Å². The van der Waals surface area contributed by atoms with Gasteiger partial charge >= 0.3 is 0 Å². The summed E-state index contributed by atoms with van der Waals surface area (Å²) >= 11 is 0. The summed E-state index contributed by atoms with van der Waals surface area (Å²) in [5, 5.41) is 30.5. The minimum Gasteiger partial charge on any atom is -0.861 e. The fourth-order valence-corrected chi connectivity index (χ4v) is 1.84. The van der Waals surface area contributed by atoms with Crippen molar-refractivity contribution in [3.63, 3.8) is 0 Å². The van der Waals surface area contributed by atoms with E-state index in [9.17, 15) is 10.2 Å². The summed E-state index contributed by atoms with van der Waals surface area (Å²) in [7, 11) is 5.24. The van der Waals surface area contributed by atoms with Crippen LogP contribution in [0.25, 0.3) is 0 Å². The van der Waals surface area contributed by atoms with Gasteiger partial charge in [-0.15, -0.1) is 5.10 Å². The van der Waals surface area contributed by atoms with Gasteiger partial charge in [-0.25, -0.2) is 0 Å². The summed E-state index contributed by atoms with van der Waals surface area (Å²) in [6, 6.07) is 9.65. The molecular formula is C14H22N4O2. The van der Waals surface area contributed by atoms with E-state index in [0.29, 0.717) is 12.9 Å². The van der Waals surface area contributed by atoms with Crippen molar-refractivity contribution in [2.75, 3.05) is 34.2 Å².